The molecule has 7 nitrogen and oxygen atoms in total. The minimum absolute atomic E-state index is 0.130. The van der Waals surface area contributed by atoms with Crippen LogP contribution < -0.4 is 5.32 Å². The molecule has 0 radical (unpaired) electrons. The van der Waals surface area contributed by atoms with Gasteiger partial charge < -0.3 is 5.32 Å². The number of pyridine rings is 1. The fourth-order valence-corrected chi connectivity index (χ4v) is 4.85. The molecule has 0 aliphatic heterocycles. The second-order valence-corrected chi connectivity index (χ2v) is 7.69. The number of H-pyrrole nitrogens is 1. The average Bonchev–Trinajstić information content (AvgIpc) is 3.25. The van der Waals surface area contributed by atoms with Gasteiger partial charge in [-0.05, 0) is 37.8 Å². The Hall–Kier alpha value is -2.87. The third-order valence-electron chi connectivity index (χ3n) is 4.99. The molecule has 2 N–H and O–H groups in total. The Balaban J connectivity index is 1.57. The fraction of sp³-hybridized carbons (Fsp3) is 0.278. The molecule has 0 saturated heterocycles. The molecule has 0 amide bonds. The Morgan fingerprint density at radius 2 is 2.23 bits per heavy atom. The summed E-state index contributed by atoms with van der Waals surface area (Å²) in [4.78, 5) is 27.3. The van der Waals surface area contributed by atoms with Gasteiger partial charge in [0.15, 0.2) is 0 Å². The topological polar surface area (TPSA) is 96.5 Å². The maximum Gasteiger partial charge on any atom is 0.144 e. The number of aryl methyl sites for hydroxylation is 1. The van der Waals surface area contributed by atoms with E-state index in [1.54, 1.807) is 37.0 Å². The first-order valence-corrected chi connectivity index (χ1v) is 9.32. The van der Waals surface area contributed by atoms with E-state index in [1.165, 1.54) is 10.4 Å². The molecule has 1 atom stereocenters. The van der Waals surface area contributed by atoms with E-state index in [0.717, 1.165) is 52.0 Å². The molecule has 8 heteroatoms. The van der Waals surface area contributed by atoms with Crippen molar-refractivity contribution in [3.63, 3.8) is 0 Å². The number of nitrogens with one attached hydrogen (secondary N) is 2. The molecule has 26 heavy (non-hydrogen) atoms. The minimum Gasteiger partial charge on any atom is -0.324 e. The van der Waals surface area contributed by atoms with Gasteiger partial charge in [0.2, 0.25) is 0 Å². The summed E-state index contributed by atoms with van der Waals surface area (Å²) >= 11 is 1.67. The molecule has 0 aromatic carbocycles. The van der Waals surface area contributed by atoms with Crippen LogP contribution in [0.4, 0.5) is 11.6 Å². The summed E-state index contributed by atoms with van der Waals surface area (Å²) in [5.74, 6) is 1.89. The highest BCUT2D eigenvalue weighted by Gasteiger charge is 2.27. The zero-order chi connectivity index (χ0) is 17.7. The van der Waals surface area contributed by atoms with Gasteiger partial charge in [0.25, 0.3) is 0 Å². The largest absolute Gasteiger partial charge is 0.324 e. The quantitative estimate of drug-likeness (QED) is 0.578. The number of fused-ring (bicyclic) bond motifs is 4. The molecule has 0 fully saturated rings. The highest BCUT2D eigenvalue weighted by Crippen LogP contribution is 2.40. The lowest BCUT2D eigenvalue weighted by Crippen LogP contribution is -2.19. The fourth-order valence-electron chi connectivity index (χ4n) is 3.58. The number of thiophene rings is 1. The van der Waals surface area contributed by atoms with Crippen LogP contribution in [0, 0.1) is 5.92 Å². The lowest BCUT2D eigenvalue weighted by molar-refractivity contribution is -0.121. The number of carbonyl (C=O) groups is 1. The number of rotatable bonds is 3. The predicted octanol–water partition coefficient (Wildman–Crippen LogP) is 3.40. The summed E-state index contributed by atoms with van der Waals surface area (Å²) in [6, 6.07) is 1.94. The molecule has 130 valence electrons. The van der Waals surface area contributed by atoms with Gasteiger partial charge in [-0.25, -0.2) is 15.0 Å². The van der Waals surface area contributed by atoms with E-state index < -0.39 is 0 Å². The zero-order valence-electron chi connectivity index (χ0n) is 14.1. The van der Waals surface area contributed by atoms with Crippen LogP contribution in [0.1, 0.15) is 23.8 Å². The molecule has 1 aliphatic rings. The molecule has 4 aromatic heterocycles. The number of ketones is 1. The standard InChI is InChI=1S/C18H16N6OS/c1-9(25)10-2-3-12-14(4-10)26-18-16(12)17(20-8-21-18)23-15-5-11-6-22-24-13(11)7-19-15/h5-8,10H,2-4H2,1H3,(H,22,24)(H,19,20,21,23). The van der Waals surface area contributed by atoms with E-state index in [1.807, 2.05) is 6.07 Å². The number of aromatic amines is 1. The Labute approximate surface area is 152 Å². The van der Waals surface area contributed by atoms with Crippen molar-refractivity contribution in [1.29, 1.82) is 0 Å². The minimum atomic E-state index is 0.130. The van der Waals surface area contributed by atoms with Gasteiger partial charge in [-0.3, -0.25) is 9.89 Å². The number of nitrogens with zero attached hydrogens (tertiary/aromatic N) is 4. The Kier molecular flexibility index (Phi) is 3.46. The molecule has 5 rings (SSSR count). The monoisotopic (exact) mass is 364 g/mol. The van der Waals surface area contributed by atoms with Crippen molar-refractivity contribution in [2.45, 2.75) is 26.2 Å². The van der Waals surface area contributed by atoms with Crippen LogP contribution in [-0.4, -0.2) is 30.9 Å². The highest BCUT2D eigenvalue weighted by molar-refractivity contribution is 7.19. The van der Waals surface area contributed by atoms with Gasteiger partial charge >= 0.3 is 0 Å². The summed E-state index contributed by atoms with van der Waals surface area (Å²) in [6.07, 6.45) is 7.68. The summed E-state index contributed by atoms with van der Waals surface area (Å²) in [7, 11) is 0. The maximum atomic E-state index is 11.8. The first-order chi connectivity index (χ1) is 12.7. The van der Waals surface area contributed by atoms with Crippen molar-refractivity contribution in [1.82, 2.24) is 25.1 Å². The summed E-state index contributed by atoms with van der Waals surface area (Å²) in [5, 5.41) is 12.3. The van der Waals surface area contributed by atoms with Crippen LogP contribution in [0.3, 0.4) is 0 Å². The van der Waals surface area contributed by atoms with Crippen LogP contribution in [0.2, 0.25) is 0 Å². The van der Waals surface area contributed by atoms with Crippen molar-refractivity contribution in [2.24, 2.45) is 5.92 Å². The molecular weight excluding hydrogens is 348 g/mol. The first-order valence-electron chi connectivity index (χ1n) is 8.51. The van der Waals surface area contributed by atoms with Crippen LogP contribution in [0.25, 0.3) is 21.1 Å². The van der Waals surface area contributed by atoms with Crippen LogP contribution in [0.5, 0.6) is 0 Å². The highest BCUT2D eigenvalue weighted by atomic mass is 32.1. The number of anilines is 2. The lowest BCUT2D eigenvalue weighted by Gasteiger charge is -2.19. The van der Waals surface area contributed by atoms with E-state index in [4.69, 9.17) is 0 Å². The maximum absolute atomic E-state index is 11.8. The summed E-state index contributed by atoms with van der Waals surface area (Å²) in [6.45, 7) is 1.69. The molecule has 0 spiro atoms. The molecule has 1 aliphatic carbocycles. The molecule has 0 saturated carbocycles. The zero-order valence-corrected chi connectivity index (χ0v) is 14.9. The number of hydrogen-bond donors (Lipinski definition) is 2. The summed E-state index contributed by atoms with van der Waals surface area (Å²) < 4.78 is 0. The number of carbonyl (C=O) groups excluding carboxylic acids is 1. The second kappa shape index (κ2) is 5.84. The SMILES string of the molecule is CC(=O)C1CCc2c(sc3ncnc(Nc4cc5cn[nH]c5cn4)c23)C1. The van der Waals surface area contributed by atoms with Gasteiger partial charge in [0, 0.05) is 16.2 Å². The third-order valence-corrected chi connectivity index (χ3v) is 6.15. The van der Waals surface area contributed by atoms with Crippen LogP contribution >= 0.6 is 11.3 Å². The van der Waals surface area contributed by atoms with Crippen molar-refractivity contribution >= 4 is 49.9 Å². The number of Topliss-reactive ketones (excluding diaryl/α,β-unsaturated/α-hetero) is 1. The van der Waals surface area contributed by atoms with E-state index in [-0.39, 0.29) is 11.7 Å². The van der Waals surface area contributed by atoms with Gasteiger partial charge in [0.1, 0.15) is 28.6 Å². The van der Waals surface area contributed by atoms with E-state index >= 15 is 0 Å². The van der Waals surface area contributed by atoms with Gasteiger partial charge in [-0.15, -0.1) is 11.3 Å². The third kappa shape index (κ3) is 2.45. The number of hydrogen-bond acceptors (Lipinski definition) is 7. The molecule has 0 bridgehead atoms. The van der Waals surface area contributed by atoms with Gasteiger partial charge in [0.05, 0.1) is 23.3 Å². The molecule has 1 unspecified atom stereocenters. The van der Waals surface area contributed by atoms with Crippen molar-refractivity contribution in [3.05, 3.63) is 35.2 Å². The van der Waals surface area contributed by atoms with Crippen LogP contribution in [0.15, 0.2) is 24.8 Å². The molecule has 4 heterocycles. The normalized spacial score (nSPS) is 16.7. The first kappa shape index (κ1) is 15.4. The van der Waals surface area contributed by atoms with E-state index in [0.29, 0.717) is 0 Å². The van der Waals surface area contributed by atoms with Gasteiger partial charge in [-0.1, -0.05) is 0 Å². The smallest absolute Gasteiger partial charge is 0.144 e. The van der Waals surface area contributed by atoms with Crippen molar-refractivity contribution in [3.8, 4) is 0 Å². The average molecular weight is 364 g/mol. The number of aromatic nitrogens is 5. The molecule has 4 aromatic rings. The Morgan fingerprint density at radius 3 is 3.12 bits per heavy atom. The van der Waals surface area contributed by atoms with Crippen LogP contribution in [-0.2, 0) is 17.6 Å². The second-order valence-electron chi connectivity index (χ2n) is 6.61. The summed E-state index contributed by atoms with van der Waals surface area (Å²) in [5.41, 5.74) is 2.17. The van der Waals surface area contributed by atoms with E-state index in [9.17, 15) is 4.79 Å². The van der Waals surface area contributed by atoms with E-state index in [2.05, 4.69) is 30.5 Å². The lowest BCUT2D eigenvalue weighted by atomic mass is 9.85. The Bertz CT molecular complexity index is 1150. The van der Waals surface area contributed by atoms with Crippen molar-refractivity contribution in [2.75, 3.05) is 5.32 Å². The predicted molar refractivity (Wildman–Crippen MR) is 101 cm³/mol. The van der Waals surface area contributed by atoms with Crippen molar-refractivity contribution < 1.29 is 4.79 Å². The van der Waals surface area contributed by atoms with Gasteiger partial charge in [-0.2, -0.15) is 5.10 Å². The Morgan fingerprint density at radius 1 is 1.31 bits per heavy atom. The molecular formula is C18H16N6OS.